The second kappa shape index (κ2) is 5.87. The predicted molar refractivity (Wildman–Crippen MR) is 73.5 cm³/mol. The number of thiazole rings is 1. The van der Waals surface area contributed by atoms with Crippen molar-refractivity contribution in [3.63, 3.8) is 0 Å². The molecule has 0 aromatic carbocycles. The number of H-pyrrole nitrogens is 1. The van der Waals surface area contributed by atoms with Crippen molar-refractivity contribution in [3.05, 3.63) is 35.1 Å². The number of hydrogen-bond acceptors (Lipinski definition) is 5. The number of nitrogens with one attached hydrogen (secondary N) is 3. The maximum Gasteiger partial charge on any atom is 0.453 e. The number of alkyl halides is 3. The highest BCUT2D eigenvalue weighted by atomic mass is 32.1. The zero-order chi connectivity index (χ0) is 16.4. The van der Waals surface area contributed by atoms with Crippen LogP contribution >= 0.6 is 11.3 Å². The minimum atomic E-state index is -4.62. The van der Waals surface area contributed by atoms with Crippen LogP contribution < -0.4 is 10.6 Å². The fourth-order valence-electron chi connectivity index (χ4n) is 1.81. The molecule has 0 radical (unpaired) electrons. The zero-order valence-corrected chi connectivity index (χ0v) is 12.2. The quantitative estimate of drug-likeness (QED) is 0.668. The third-order valence-corrected chi connectivity index (χ3v) is 3.63. The average Bonchev–Trinajstić information content (AvgIpc) is 3.18. The number of rotatable bonds is 4. The summed E-state index contributed by atoms with van der Waals surface area (Å²) >= 11 is 1.47. The lowest BCUT2D eigenvalue weighted by Gasteiger charge is -2.05. The van der Waals surface area contributed by atoms with E-state index in [1.807, 2.05) is 16.0 Å². The minimum Gasteiger partial charge on any atom is -0.333 e. The molecule has 23 heavy (non-hydrogen) atoms. The largest absolute Gasteiger partial charge is 0.453 e. The molecule has 0 bridgehead atoms. The van der Waals surface area contributed by atoms with Gasteiger partial charge >= 0.3 is 12.2 Å². The number of halogens is 3. The van der Waals surface area contributed by atoms with Crippen LogP contribution in [-0.4, -0.2) is 30.6 Å². The summed E-state index contributed by atoms with van der Waals surface area (Å²) in [4.78, 5) is 19.9. The third kappa shape index (κ3) is 3.41. The van der Waals surface area contributed by atoms with E-state index in [-0.39, 0.29) is 18.9 Å². The normalized spacial score (nSPS) is 11.8. The van der Waals surface area contributed by atoms with E-state index in [9.17, 15) is 18.0 Å². The van der Waals surface area contributed by atoms with Crippen molar-refractivity contribution >= 4 is 22.3 Å². The second-order valence-corrected chi connectivity index (χ2v) is 5.32. The van der Waals surface area contributed by atoms with Crippen LogP contribution in [0.25, 0.3) is 4.96 Å². The molecule has 0 fully saturated rings. The Morgan fingerprint density at radius 1 is 1.35 bits per heavy atom. The molecule has 0 saturated heterocycles. The van der Waals surface area contributed by atoms with Crippen LogP contribution in [0.15, 0.2) is 17.8 Å². The van der Waals surface area contributed by atoms with Gasteiger partial charge in [0.15, 0.2) is 4.96 Å². The lowest BCUT2D eigenvalue weighted by Crippen LogP contribution is -2.35. The van der Waals surface area contributed by atoms with E-state index < -0.39 is 18.0 Å². The molecule has 0 spiro atoms. The summed E-state index contributed by atoms with van der Waals surface area (Å²) in [5, 5.41) is 12.0. The Morgan fingerprint density at radius 2 is 2.13 bits per heavy atom. The van der Waals surface area contributed by atoms with Gasteiger partial charge in [-0.25, -0.2) is 14.8 Å². The van der Waals surface area contributed by atoms with Gasteiger partial charge in [0.25, 0.3) is 5.82 Å². The number of carbonyl (C=O) groups is 1. The molecule has 0 atom stereocenters. The summed E-state index contributed by atoms with van der Waals surface area (Å²) in [5.74, 6) is -1.36. The molecule has 0 aliphatic rings. The number of fused-ring (bicyclic) bond motifs is 1. The van der Waals surface area contributed by atoms with Gasteiger partial charge in [-0.15, -0.1) is 16.4 Å². The van der Waals surface area contributed by atoms with Crippen LogP contribution in [0.1, 0.15) is 17.3 Å². The number of hydrogen-bond donors (Lipinski definition) is 3. The zero-order valence-electron chi connectivity index (χ0n) is 11.4. The standard InChI is InChI=1S/C11H10F3N7OS/c12-11(13,14)8-18-7(19-20-8)5-16-9(22)15-3-6-4-17-10-21(6)1-2-23-10/h1-2,4H,3,5H2,(H2,15,16,22)(H,18,19,20). The van der Waals surface area contributed by atoms with E-state index in [0.29, 0.717) is 0 Å². The molecule has 3 heterocycles. The van der Waals surface area contributed by atoms with Crippen LogP contribution in [0, 0.1) is 0 Å². The SMILES string of the molecule is O=C(NCc1nc(C(F)(F)F)n[nH]1)NCc1cnc2sccn12. The number of urea groups is 1. The first-order valence-electron chi connectivity index (χ1n) is 6.33. The van der Waals surface area contributed by atoms with Gasteiger partial charge in [0.05, 0.1) is 25.0 Å². The molecule has 0 aliphatic heterocycles. The summed E-state index contributed by atoms with van der Waals surface area (Å²) < 4.78 is 38.8. The average molecular weight is 345 g/mol. The van der Waals surface area contributed by atoms with Gasteiger partial charge in [-0.3, -0.25) is 9.50 Å². The van der Waals surface area contributed by atoms with Gasteiger partial charge in [-0.1, -0.05) is 0 Å². The summed E-state index contributed by atoms with van der Waals surface area (Å²) in [6.07, 6.45) is -1.15. The molecule has 2 amide bonds. The molecule has 0 saturated carbocycles. The van der Waals surface area contributed by atoms with E-state index in [4.69, 9.17) is 0 Å². The molecule has 3 N–H and O–H groups in total. The predicted octanol–water partition coefficient (Wildman–Crippen LogP) is 1.53. The monoisotopic (exact) mass is 345 g/mol. The van der Waals surface area contributed by atoms with Crippen LogP contribution in [0.4, 0.5) is 18.0 Å². The smallest absolute Gasteiger partial charge is 0.333 e. The third-order valence-electron chi connectivity index (χ3n) is 2.85. The van der Waals surface area contributed by atoms with Crippen molar-refractivity contribution < 1.29 is 18.0 Å². The molecular formula is C11H10F3N7OS. The van der Waals surface area contributed by atoms with Gasteiger partial charge in [-0.05, 0) is 0 Å². The van der Waals surface area contributed by atoms with Crippen molar-refractivity contribution in [1.82, 2.24) is 35.2 Å². The Labute approximate surface area is 130 Å². The van der Waals surface area contributed by atoms with E-state index in [2.05, 4.69) is 30.8 Å². The number of aromatic amines is 1. The molecule has 0 aliphatic carbocycles. The Bertz CT molecular complexity index is 821. The molecule has 3 rings (SSSR count). The first-order valence-corrected chi connectivity index (χ1v) is 7.21. The number of nitrogens with zero attached hydrogens (tertiary/aromatic N) is 4. The van der Waals surface area contributed by atoms with Gasteiger partial charge in [-0.2, -0.15) is 13.2 Å². The molecule has 8 nitrogen and oxygen atoms in total. The highest BCUT2D eigenvalue weighted by Crippen LogP contribution is 2.25. The highest BCUT2D eigenvalue weighted by Gasteiger charge is 2.35. The lowest BCUT2D eigenvalue weighted by atomic mass is 10.4. The maximum absolute atomic E-state index is 12.3. The summed E-state index contributed by atoms with van der Waals surface area (Å²) in [7, 11) is 0. The number of imidazole rings is 1. The maximum atomic E-state index is 12.3. The molecule has 3 aromatic heterocycles. The molecule has 12 heteroatoms. The van der Waals surface area contributed by atoms with E-state index in [0.717, 1.165) is 10.7 Å². The van der Waals surface area contributed by atoms with E-state index in [1.165, 1.54) is 11.3 Å². The summed E-state index contributed by atoms with van der Waals surface area (Å²) in [6.45, 7) is 0.0309. The highest BCUT2D eigenvalue weighted by molar-refractivity contribution is 7.15. The minimum absolute atomic E-state index is 0.0861. The van der Waals surface area contributed by atoms with Gasteiger partial charge in [0.1, 0.15) is 5.82 Å². The van der Waals surface area contributed by atoms with Crippen molar-refractivity contribution in [1.29, 1.82) is 0 Å². The number of carbonyl (C=O) groups excluding carboxylic acids is 1. The van der Waals surface area contributed by atoms with E-state index in [1.54, 1.807) is 6.20 Å². The summed E-state index contributed by atoms with van der Waals surface area (Å²) in [5.41, 5.74) is 0.787. The van der Waals surface area contributed by atoms with Crippen molar-refractivity contribution in [3.8, 4) is 0 Å². The Morgan fingerprint density at radius 3 is 2.87 bits per heavy atom. The van der Waals surface area contributed by atoms with Crippen LogP contribution in [0.5, 0.6) is 0 Å². The van der Waals surface area contributed by atoms with Crippen molar-refractivity contribution in [2.75, 3.05) is 0 Å². The first-order chi connectivity index (χ1) is 10.9. The number of aromatic nitrogens is 5. The fraction of sp³-hybridized carbons (Fsp3) is 0.273. The fourth-order valence-corrected chi connectivity index (χ4v) is 2.51. The van der Waals surface area contributed by atoms with Crippen molar-refractivity contribution in [2.45, 2.75) is 19.3 Å². The molecule has 3 aromatic rings. The topological polar surface area (TPSA) is 100 Å². The van der Waals surface area contributed by atoms with Gasteiger partial charge < -0.3 is 10.6 Å². The van der Waals surface area contributed by atoms with Gasteiger partial charge in [0.2, 0.25) is 0 Å². The number of amides is 2. The summed E-state index contributed by atoms with van der Waals surface area (Å²) in [6, 6.07) is -0.542. The van der Waals surface area contributed by atoms with Crippen LogP contribution in [-0.2, 0) is 19.3 Å². The van der Waals surface area contributed by atoms with Gasteiger partial charge in [0, 0.05) is 11.6 Å². The molecule has 0 unspecified atom stereocenters. The second-order valence-electron chi connectivity index (χ2n) is 4.44. The van der Waals surface area contributed by atoms with Crippen molar-refractivity contribution in [2.24, 2.45) is 0 Å². The Balaban J connectivity index is 1.50. The lowest BCUT2D eigenvalue weighted by molar-refractivity contribution is -0.144. The Kier molecular flexibility index (Phi) is 3.90. The Hall–Kier alpha value is -2.63. The van der Waals surface area contributed by atoms with Crippen LogP contribution in [0.2, 0.25) is 0 Å². The molecule has 122 valence electrons. The van der Waals surface area contributed by atoms with Crippen LogP contribution in [0.3, 0.4) is 0 Å². The molecular weight excluding hydrogens is 335 g/mol. The van der Waals surface area contributed by atoms with E-state index >= 15 is 0 Å². The first kappa shape index (κ1) is 15.3.